The number of amides is 1. The third kappa shape index (κ3) is 3.72. The van der Waals surface area contributed by atoms with Crippen LogP contribution in [0.4, 0.5) is 5.69 Å². The van der Waals surface area contributed by atoms with Crippen LogP contribution in [0, 0.1) is 5.92 Å². The predicted molar refractivity (Wildman–Crippen MR) is 79.4 cm³/mol. The molecule has 3 heteroatoms. The second-order valence-electron chi connectivity index (χ2n) is 5.84. The normalized spacial score (nSPS) is 15.2. The lowest BCUT2D eigenvalue weighted by Gasteiger charge is -2.17. The van der Waals surface area contributed by atoms with E-state index in [0.29, 0.717) is 5.92 Å². The van der Waals surface area contributed by atoms with E-state index in [4.69, 9.17) is 0 Å². The van der Waals surface area contributed by atoms with Crippen molar-refractivity contribution in [3.63, 3.8) is 0 Å². The number of hydrogen-bond donors (Lipinski definition) is 2. The van der Waals surface area contributed by atoms with Gasteiger partial charge in [-0.2, -0.15) is 0 Å². The molecule has 0 fully saturated rings. The van der Waals surface area contributed by atoms with Gasteiger partial charge in [-0.05, 0) is 55.4 Å². The van der Waals surface area contributed by atoms with Gasteiger partial charge in [0.25, 0.3) is 0 Å². The highest BCUT2D eigenvalue weighted by Gasteiger charge is 2.15. The van der Waals surface area contributed by atoms with Crippen molar-refractivity contribution in [2.45, 2.75) is 46.1 Å². The number of anilines is 1. The third-order valence-corrected chi connectivity index (χ3v) is 3.56. The van der Waals surface area contributed by atoms with Crippen molar-refractivity contribution in [3.05, 3.63) is 29.3 Å². The average Bonchev–Trinajstić information content (AvgIpc) is 2.83. The Morgan fingerprint density at radius 1 is 1.21 bits per heavy atom. The number of carbonyl (C=O) groups excluding carboxylic acids is 1. The van der Waals surface area contributed by atoms with Crippen LogP contribution in [0.1, 0.15) is 38.3 Å². The fourth-order valence-corrected chi connectivity index (χ4v) is 2.43. The summed E-state index contributed by atoms with van der Waals surface area (Å²) in [5, 5.41) is 6.24. The van der Waals surface area contributed by atoms with E-state index in [0.717, 1.165) is 12.2 Å². The maximum atomic E-state index is 11.9. The van der Waals surface area contributed by atoms with Crippen LogP contribution in [0.5, 0.6) is 0 Å². The van der Waals surface area contributed by atoms with Crippen molar-refractivity contribution in [2.75, 3.05) is 11.9 Å². The monoisotopic (exact) mass is 260 g/mol. The summed E-state index contributed by atoms with van der Waals surface area (Å²) in [7, 11) is 0. The van der Waals surface area contributed by atoms with Gasteiger partial charge >= 0.3 is 0 Å². The SMILES string of the molecule is CC(C)CNC(=O)[C@@H](C)Nc1ccc2c(c1)CCC2. The molecule has 19 heavy (non-hydrogen) atoms. The summed E-state index contributed by atoms with van der Waals surface area (Å²) in [6.45, 7) is 6.83. The molecule has 1 aromatic rings. The van der Waals surface area contributed by atoms with Gasteiger partial charge in [-0.25, -0.2) is 0 Å². The first-order chi connectivity index (χ1) is 9.06. The molecular weight excluding hydrogens is 236 g/mol. The Kier molecular flexibility index (Phi) is 4.46. The molecule has 1 aromatic carbocycles. The van der Waals surface area contributed by atoms with Crippen molar-refractivity contribution in [1.82, 2.24) is 5.32 Å². The van der Waals surface area contributed by atoms with Crippen LogP contribution in [0.2, 0.25) is 0 Å². The lowest BCUT2D eigenvalue weighted by atomic mass is 10.1. The van der Waals surface area contributed by atoms with Gasteiger partial charge in [0.2, 0.25) is 5.91 Å². The van der Waals surface area contributed by atoms with Crippen LogP contribution in [0.25, 0.3) is 0 Å². The molecule has 0 bridgehead atoms. The Morgan fingerprint density at radius 2 is 1.95 bits per heavy atom. The van der Waals surface area contributed by atoms with Crippen LogP contribution in [0.15, 0.2) is 18.2 Å². The minimum absolute atomic E-state index is 0.0641. The first-order valence-corrected chi connectivity index (χ1v) is 7.22. The van der Waals surface area contributed by atoms with E-state index in [1.807, 2.05) is 6.92 Å². The number of nitrogens with one attached hydrogen (secondary N) is 2. The van der Waals surface area contributed by atoms with E-state index < -0.39 is 0 Å². The largest absolute Gasteiger partial charge is 0.374 e. The van der Waals surface area contributed by atoms with Gasteiger partial charge in [-0.15, -0.1) is 0 Å². The van der Waals surface area contributed by atoms with E-state index >= 15 is 0 Å². The highest BCUT2D eigenvalue weighted by molar-refractivity contribution is 5.84. The third-order valence-electron chi connectivity index (χ3n) is 3.56. The summed E-state index contributed by atoms with van der Waals surface area (Å²) < 4.78 is 0. The van der Waals surface area contributed by atoms with Gasteiger partial charge in [0, 0.05) is 12.2 Å². The molecule has 1 aliphatic rings. The first-order valence-electron chi connectivity index (χ1n) is 7.22. The highest BCUT2D eigenvalue weighted by Crippen LogP contribution is 2.25. The molecule has 104 valence electrons. The number of aryl methyl sites for hydroxylation is 2. The average molecular weight is 260 g/mol. The highest BCUT2D eigenvalue weighted by atomic mass is 16.2. The Balaban J connectivity index is 1.91. The quantitative estimate of drug-likeness (QED) is 0.854. The summed E-state index contributed by atoms with van der Waals surface area (Å²) in [5.74, 6) is 0.547. The molecule has 0 heterocycles. The van der Waals surface area contributed by atoms with E-state index in [-0.39, 0.29) is 11.9 Å². The molecular formula is C16H24N2O. The fraction of sp³-hybridized carbons (Fsp3) is 0.562. The zero-order valence-corrected chi connectivity index (χ0v) is 12.1. The van der Waals surface area contributed by atoms with Crippen LogP contribution in [-0.2, 0) is 17.6 Å². The van der Waals surface area contributed by atoms with Crippen molar-refractivity contribution < 1.29 is 4.79 Å². The Labute approximate surface area is 115 Å². The second-order valence-corrected chi connectivity index (χ2v) is 5.84. The van der Waals surface area contributed by atoms with Crippen molar-refractivity contribution in [1.29, 1.82) is 0 Å². The fourth-order valence-electron chi connectivity index (χ4n) is 2.43. The van der Waals surface area contributed by atoms with Crippen LogP contribution in [-0.4, -0.2) is 18.5 Å². The van der Waals surface area contributed by atoms with E-state index in [1.54, 1.807) is 0 Å². The molecule has 0 spiro atoms. The van der Waals surface area contributed by atoms with Crippen LogP contribution >= 0.6 is 0 Å². The molecule has 1 amide bonds. The van der Waals surface area contributed by atoms with Gasteiger partial charge in [-0.1, -0.05) is 19.9 Å². The molecule has 2 rings (SSSR count). The first kappa shape index (κ1) is 13.9. The van der Waals surface area contributed by atoms with E-state index in [9.17, 15) is 4.79 Å². The lowest BCUT2D eigenvalue weighted by Crippen LogP contribution is -2.39. The summed E-state index contributed by atoms with van der Waals surface area (Å²) >= 11 is 0. The van der Waals surface area contributed by atoms with Gasteiger partial charge in [-0.3, -0.25) is 4.79 Å². The van der Waals surface area contributed by atoms with E-state index in [2.05, 4.69) is 42.7 Å². The molecule has 0 saturated heterocycles. The molecule has 0 radical (unpaired) electrons. The number of carbonyl (C=O) groups is 1. The number of hydrogen-bond acceptors (Lipinski definition) is 2. The summed E-state index contributed by atoms with van der Waals surface area (Å²) in [4.78, 5) is 11.9. The zero-order valence-electron chi connectivity index (χ0n) is 12.1. The Bertz CT molecular complexity index is 454. The van der Waals surface area contributed by atoms with E-state index in [1.165, 1.54) is 30.4 Å². The molecule has 1 aliphatic carbocycles. The van der Waals surface area contributed by atoms with Gasteiger partial charge in [0.15, 0.2) is 0 Å². The zero-order chi connectivity index (χ0) is 13.8. The molecule has 0 saturated carbocycles. The molecule has 0 aliphatic heterocycles. The summed E-state index contributed by atoms with van der Waals surface area (Å²) in [6.07, 6.45) is 3.61. The number of benzene rings is 1. The predicted octanol–water partition coefficient (Wildman–Crippen LogP) is 2.75. The van der Waals surface area contributed by atoms with Crippen molar-refractivity contribution in [2.24, 2.45) is 5.92 Å². The smallest absolute Gasteiger partial charge is 0.242 e. The molecule has 2 N–H and O–H groups in total. The van der Waals surface area contributed by atoms with Crippen LogP contribution < -0.4 is 10.6 Å². The van der Waals surface area contributed by atoms with Crippen molar-refractivity contribution in [3.8, 4) is 0 Å². The van der Waals surface area contributed by atoms with Gasteiger partial charge < -0.3 is 10.6 Å². The Hall–Kier alpha value is -1.51. The van der Waals surface area contributed by atoms with Gasteiger partial charge in [0.05, 0.1) is 0 Å². The topological polar surface area (TPSA) is 41.1 Å². The Morgan fingerprint density at radius 3 is 2.68 bits per heavy atom. The standard InChI is InChI=1S/C16H24N2O/c1-11(2)10-17-16(19)12(3)18-15-8-7-13-5-4-6-14(13)9-15/h7-9,11-12,18H,4-6,10H2,1-3H3,(H,17,19)/t12-/m1/s1. The minimum Gasteiger partial charge on any atom is -0.374 e. The molecule has 3 nitrogen and oxygen atoms in total. The van der Waals surface area contributed by atoms with Crippen LogP contribution in [0.3, 0.4) is 0 Å². The second kappa shape index (κ2) is 6.09. The minimum atomic E-state index is -0.196. The summed E-state index contributed by atoms with van der Waals surface area (Å²) in [6, 6.07) is 6.26. The molecule has 0 unspecified atom stereocenters. The molecule has 0 aromatic heterocycles. The number of rotatable bonds is 5. The van der Waals surface area contributed by atoms with Gasteiger partial charge in [0.1, 0.15) is 6.04 Å². The van der Waals surface area contributed by atoms with Crippen molar-refractivity contribution >= 4 is 11.6 Å². The number of fused-ring (bicyclic) bond motifs is 1. The maximum Gasteiger partial charge on any atom is 0.242 e. The molecule has 1 atom stereocenters. The summed E-state index contributed by atoms with van der Waals surface area (Å²) in [5.41, 5.74) is 3.94. The lowest BCUT2D eigenvalue weighted by molar-refractivity contribution is -0.121. The maximum absolute atomic E-state index is 11.9.